The Bertz CT molecular complexity index is 385. The molecule has 2 fully saturated rings. The minimum absolute atomic E-state index is 1.04. The van der Waals surface area contributed by atoms with Crippen molar-refractivity contribution < 1.29 is 0 Å². The van der Waals surface area contributed by atoms with Crippen LogP contribution in [0.3, 0.4) is 0 Å². The first-order chi connectivity index (χ1) is 8.72. The van der Waals surface area contributed by atoms with E-state index in [4.69, 9.17) is 0 Å². The Balaban J connectivity index is 1.77. The molecule has 0 amide bonds. The molecule has 2 aliphatic rings. The lowest BCUT2D eigenvalue weighted by molar-refractivity contribution is 0.420. The number of anilines is 2. The lowest BCUT2D eigenvalue weighted by Crippen LogP contribution is -2.24. The van der Waals surface area contributed by atoms with Crippen molar-refractivity contribution in [1.29, 1.82) is 0 Å². The number of likely N-dealkylation sites (N-methyl/N-ethyl adjacent to an activating group) is 2. The van der Waals surface area contributed by atoms with Gasteiger partial charge in [0, 0.05) is 37.6 Å². The Morgan fingerprint density at radius 3 is 1.67 bits per heavy atom. The Morgan fingerprint density at radius 2 is 1.28 bits per heavy atom. The first-order valence-corrected chi connectivity index (χ1v) is 6.69. The van der Waals surface area contributed by atoms with Gasteiger partial charge in [-0.15, -0.1) is 0 Å². The van der Waals surface area contributed by atoms with Gasteiger partial charge < -0.3 is 9.80 Å². The van der Waals surface area contributed by atoms with Gasteiger partial charge in [-0.1, -0.05) is 6.07 Å². The fraction of sp³-hybridized carbons (Fsp3) is 0.571. The summed E-state index contributed by atoms with van der Waals surface area (Å²) >= 11 is 0. The molecule has 0 bridgehead atoms. The second-order valence-electron chi connectivity index (χ2n) is 5.49. The van der Waals surface area contributed by atoms with Gasteiger partial charge in [0.2, 0.25) is 0 Å². The smallest absolute Gasteiger partial charge is 0.0705 e. The summed E-state index contributed by atoms with van der Waals surface area (Å²) in [5, 5.41) is 0. The molecule has 0 spiro atoms. The number of rotatable bonds is 2. The van der Waals surface area contributed by atoms with Crippen molar-refractivity contribution in [2.45, 2.75) is 0 Å². The summed E-state index contributed by atoms with van der Waals surface area (Å²) in [7, 11) is 4.36. The zero-order chi connectivity index (χ0) is 12.5. The van der Waals surface area contributed by atoms with Crippen LogP contribution >= 0.6 is 0 Å². The van der Waals surface area contributed by atoms with E-state index >= 15 is 0 Å². The van der Waals surface area contributed by atoms with Crippen LogP contribution in [0.4, 0.5) is 11.4 Å². The molecule has 98 valence electrons. The van der Waals surface area contributed by atoms with Gasteiger partial charge in [0.1, 0.15) is 0 Å². The van der Waals surface area contributed by atoms with Crippen LogP contribution in [0.1, 0.15) is 0 Å². The molecular formula is C14H22N4. The third-order valence-corrected chi connectivity index (χ3v) is 3.89. The molecule has 0 N–H and O–H groups in total. The number of nitrogens with zero attached hydrogens (tertiary/aromatic N) is 4. The average molecular weight is 246 g/mol. The molecule has 2 heterocycles. The summed E-state index contributed by atoms with van der Waals surface area (Å²) in [6.45, 7) is 6.69. The van der Waals surface area contributed by atoms with E-state index in [0.29, 0.717) is 0 Å². The maximum Gasteiger partial charge on any atom is 0.0705 e. The molecule has 3 rings (SSSR count). The summed E-state index contributed by atoms with van der Waals surface area (Å²) < 4.78 is 0. The molecule has 2 aliphatic heterocycles. The SMILES string of the molecule is CN1CCN(c2cccc(N3CCN(C)C3)c2)C1. The maximum absolute atomic E-state index is 2.45. The standard InChI is InChI=1S/C14H22N4/c1-15-6-8-17(11-15)13-4-3-5-14(10-13)18-9-7-16(2)12-18/h3-5,10H,6-9,11-12H2,1-2H3. The van der Waals surface area contributed by atoms with Crippen LogP contribution in [0.15, 0.2) is 24.3 Å². The molecule has 2 saturated heterocycles. The second-order valence-corrected chi connectivity index (χ2v) is 5.49. The Morgan fingerprint density at radius 1 is 0.778 bits per heavy atom. The number of benzene rings is 1. The summed E-state index contributed by atoms with van der Waals surface area (Å²) in [5.41, 5.74) is 2.71. The summed E-state index contributed by atoms with van der Waals surface area (Å²) in [6.07, 6.45) is 0. The van der Waals surface area contributed by atoms with Crippen LogP contribution in [0, 0.1) is 0 Å². The first kappa shape index (κ1) is 11.8. The fourth-order valence-electron chi connectivity index (χ4n) is 2.76. The Labute approximate surface area is 109 Å². The van der Waals surface area contributed by atoms with Gasteiger partial charge in [0.15, 0.2) is 0 Å². The zero-order valence-corrected chi connectivity index (χ0v) is 11.3. The Hall–Kier alpha value is -1.26. The van der Waals surface area contributed by atoms with Crippen LogP contribution in [-0.2, 0) is 0 Å². The highest BCUT2D eigenvalue weighted by Gasteiger charge is 2.20. The van der Waals surface area contributed by atoms with Gasteiger partial charge in [-0.25, -0.2) is 0 Å². The number of hydrogen-bond donors (Lipinski definition) is 0. The van der Waals surface area contributed by atoms with Crippen LogP contribution in [0.5, 0.6) is 0 Å². The minimum Gasteiger partial charge on any atom is -0.357 e. The van der Waals surface area contributed by atoms with Gasteiger partial charge in [-0.3, -0.25) is 9.80 Å². The molecule has 0 unspecified atom stereocenters. The van der Waals surface area contributed by atoms with Gasteiger partial charge in [0.05, 0.1) is 13.3 Å². The third kappa shape index (κ3) is 2.31. The van der Waals surface area contributed by atoms with Crippen molar-refractivity contribution >= 4 is 11.4 Å². The van der Waals surface area contributed by atoms with E-state index in [1.54, 1.807) is 0 Å². The molecule has 4 heteroatoms. The van der Waals surface area contributed by atoms with E-state index in [2.05, 4.69) is 58.0 Å². The van der Waals surface area contributed by atoms with E-state index in [-0.39, 0.29) is 0 Å². The molecule has 0 aromatic heterocycles. The van der Waals surface area contributed by atoms with Gasteiger partial charge in [0.25, 0.3) is 0 Å². The van der Waals surface area contributed by atoms with Crippen molar-refractivity contribution in [1.82, 2.24) is 9.80 Å². The van der Waals surface area contributed by atoms with Crippen molar-refractivity contribution in [2.75, 3.05) is 63.4 Å². The molecule has 0 atom stereocenters. The quantitative estimate of drug-likeness (QED) is 0.775. The van der Waals surface area contributed by atoms with Gasteiger partial charge in [-0.2, -0.15) is 0 Å². The van der Waals surface area contributed by atoms with Gasteiger partial charge >= 0.3 is 0 Å². The van der Waals surface area contributed by atoms with Crippen molar-refractivity contribution in [3.63, 3.8) is 0 Å². The van der Waals surface area contributed by atoms with Crippen LogP contribution in [0.25, 0.3) is 0 Å². The second kappa shape index (κ2) is 4.78. The third-order valence-electron chi connectivity index (χ3n) is 3.89. The van der Waals surface area contributed by atoms with E-state index in [9.17, 15) is 0 Å². The largest absolute Gasteiger partial charge is 0.357 e. The molecule has 4 nitrogen and oxygen atoms in total. The van der Waals surface area contributed by atoms with E-state index < -0.39 is 0 Å². The maximum atomic E-state index is 2.45. The predicted octanol–water partition coefficient (Wildman–Crippen LogP) is 1.11. The topological polar surface area (TPSA) is 13.0 Å². The zero-order valence-electron chi connectivity index (χ0n) is 11.3. The molecule has 1 aromatic carbocycles. The van der Waals surface area contributed by atoms with Gasteiger partial charge in [-0.05, 0) is 32.3 Å². The highest BCUT2D eigenvalue weighted by molar-refractivity contribution is 5.60. The highest BCUT2D eigenvalue weighted by atomic mass is 15.4. The minimum atomic E-state index is 1.04. The van der Waals surface area contributed by atoms with Crippen molar-refractivity contribution in [3.05, 3.63) is 24.3 Å². The van der Waals surface area contributed by atoms with Crippen molar-refractivity contribution in [3.8, 4) is 0 Å². The highest BCUT2D eigenvalue weighted by Crippen LogP contribution is 2.25. The van der Waals surface area contributed by atoms with Crippen molar-refractivity contribution in [2.24, 2.45) is 0 Å². The monoisotopic (exact) mass is 246 g/mol. The van der Waals surface area contributed by atoms with E-state index in [0.717, 1.165) is 39.5 Å². The Kier molecular flexibility index (Phi) is 3.14. The lowest BCUT2D eigenvalue weighted by Gasteiger charge is -2.22. The molecule has 0 radical (unpaired) electrons. The first-order valence-electron chi connectivity index (χ1n) is 6.69. The molecule has 1 aromatic rings. The molecule has 0 saturated carbocycles. The summed E-state index contributed by atoms with van der Waals surface area (Å²) in [4.78, 5) is 9.61. The van der Waals surface area contributed by atoms with Crippen LogP contribution in [-0.4, -0.2) is 63.4 Å². The van der Waals surface area contributed by atoms with Crippen LogP contribution in [0.2, 0.25) is 0 Å². The molecule has 0 aliphatic carbocycles. The lowest BCUT2D eigenvalue weighted by atomic mass is 10.2. The predicted molar refractivity (Wildman–Crippen MR) is 76.1 cm³/mol. The van der Waals surface area contributed by atoms with Crippen LogP contribution < -0.4 is 9.80 Å². The average Bonchev–Trinajstić information content (AvgIpc) is 2.98. The van der Waals surface area contributed by atoms with E-state index in [1.165, 1.54) is 11.4 Å². The number of hydrogen-bond acceptors (Lipinski definition) is 4. The summed E-state index contributed by atoms with van der Waals surface area (Å²) in [5.74, 6) is 0. The molecular weight excluding hydrogens is 224 g/mol. The molecule has 18 heavy (non-hydrogen) atoms. The summed E-state index contributed by atoms with van der Waals surface area (Å²) in [6, 6.07) is 8.96. The normalized spacial score (nSPS) is 22.1. The fourth-order valence-corrected chi connectivity index (χ4v) is 2.76. The van der Waals surface area contributed by atoms with E-state index in [1.807, 2.05) is 0 Å².